The molecule has 2 aromatic heterocycles. The van der Waals surface area contributed by atoms with Crippen molar-refractivity contribution in [2.45, 2.75) is 45.6 Å². The highest BCUT2D eigenvalue weighted by molar-refractivity contribution is 5.94. The number of anilines is 1. The second kappa shape index (κ2) is 8.19. The van der Waals surface area contributed by atoms with Crippen molar-refractivity contribution in [2.75, 3.05) is 5.32 Å². The lowest BCUT2D eigenvalue weighted by Gasteiger charge is -2.47. The molecule has 2 unspecified atom stereocenters. The predicted molar refractivity (Wildman–Crippen MR) is 131 cm³/mol. The van der Waals surface area contributed by atoms with Crippen molar-refractivity contribution in [2.24, 2.45) is 17.8 Å². The highest BCUT2D eigenvalue weighted by atomic mass is 19.1. The van der Waals surface area contributed by atoms with Crippen LogP contribution in [-0.4, -0.2) is 21.0 Å². The van der Waals surface area contributed by atoms with Gasteiger partial charge in [-0.2, -0.15) is 0 Å². The van der Waals surface area contributed by atoms with E-state index in [2.05, 4.69) is 30.2 Å². The van der Waals surface area contributed by atoms with Crippen LogP contribution in [0.2, 0.25) is 0 Å². The number of H-pyrrole nitrogens is 1. The molecule has 0 saturated heterocycles. The molecular formula is C28H28F2N4. The standard InChI is InChI=1S/C28H28F2N4/c1-15-5-3-4-6-20(15)24-13-25(33-26-16(2)17-7-9-18(26)10-8-17)34-28(32-24)22-14-31-27-21(22)11-19(29)12-23(27)30/h3-6,11-14,16-18,26,31H,7-10H2,1-2H3,(H,32,33,34). The Balaban J connectivity index is 1.48. The molecule has 6 heteroatoms. The van der Waals surface area contributed by atoms with E-state index in [1.165, 1.54) is 31.7 Å². The largest absolute Gasteiger partial charge is 0.367 e. The first-order chi connectivity index (χ1) is 16.5. The maximum Gasteiger partial charge on any atom is 0.164 e. The lowest BCUT2D eigenvalue weighted by atomic mass is 9.62. The average molecular weight is 459 g/mol. The number of hydrogen-bond donors (Lipinski definition) is 2. The molecule has 0 spiro atoms. The molecule has 2 bridgehead atoms. The summed E-state index contributed by atoms with van der Waals surface area (Å²) in [5.74, 6) is 1.97. The molecule has 3 saturated carbocycles. The van der Waals surface area contributed by atoms with Gasteiger partial charge in [0.25, 0.3) is 0 Å². The Morgan fingerprint density at radius 1 is 0.941 bits per heavy atom. The lowest BCUT2D eigenvalue weighted by molar-refractivity contribution is 0.0928. The van der Waals surface area contributed by atoms with Crippen LogP contribution in [-0.2, 0) is 0 Å². The number of nitrogens with zero attached hydrogens (tertiary/aromatic N) is 2. The van der Waals surface area contributed by atoms with Crippen molar-refractivity contribution in [1.29, 1.82) is 0 Å². The number of hydrogen-bond acceptors (Lipinski definition) is 3. The topological polar surface area (TPSA) is 53.6 Å². The molecule has 2 atom stereocenters. The Hall–Kier alpha value is -3.28. The van der Waals surface area contributed by atoms with Crippen LogP contribution in [0.5, 0.6) is 0 Å². The van der Waals surface area contributed by atoms with E-state index < -0.39 is 11.6 Å². The van der Waals surface area contributed by atoms with Crippen LogP contribution in [0.15, 0.2) is 48.7 Å². The van der Waals surface area contributed by atoms with Crippen LogP contribution in [0.25, 0.3) is 33.5 Å². The van der Waals surface area contributed by atoms with Crippen LogP contribution >= 0.6 is 0 Å². The Bertz CT molecular complexity index is 1370. The molecule has 2 N–H and O–H groups in total. The number of halogens is 2. The molecule has 0 aliphatic heterocycles. The molecule has 4 aromatic rings. The second-order valence-electron chi connectivity index (χ2n) is 9.99. The van der Waals surface area contributed by atoms with Crippen LogP contribution in [0.1, 0.15) is 38.2 Å². The van der Waals surface area contributed by atoms with Gasteiger partial charge in [-0.1, -0.05) is 31.2 Å². The van der Waals surface area contributed by atoms with E-state index in [1.54, 1.807) is 6.20 Å². The van der Waals surface area contributed by atoms with Gasteiger partial charge in [0.2, 0.25) is 0 Å². The summed E-state index contributed by atoms with van der Waals surface area (Å²) in [7, 11) is 0. The molecule has 2 heterocycles. The van der Waals surface area contributed by atoms with Crippen molar-refractivity contribution < 1.29 is 8.78 Å². The monoisotopic (exact) mass is 458 g/mol. The summed E-state index contributed by atoms with van der Waals surface area (Å²) in [6.45, 7) is 4.41. The maximum absolute atomic E-state index is 14.4. The van der Waals surface area contributed by atoms with Gasteiger partial charge >= 0.3 is 0 Å². The fourth-order valence-electron chi connectivity index (χ4n) is 6.15. The summed E-state index contributed by atoms with van der Waals surface area (Å²) >= 11 is 0. The number of nitrogens with one attached hydrogen (secondary N) is 2. The zero-order chi connectivity index (χ0) is 23.4. The number of benzene rings is 2. The maximum atomic E-state index is 14.4. The minimum absolute atomic E-state index is 0.258. The number of fused-ring (bicyclic) bond motifs is 4. The molecule has 3 aliphatic carbocycles. The number of aryl methyl sites for hydroxylation is 1. The van der Waals surface area contributed by atoms with Crippen molar-refractivity contribution >= 4 is 16.7 Å². The molecule has 2 aromatic carbocycles. The van der Waals surface area contributed by atoms with Crippen LogP contribution < -0.4 is 5.32 Å². The number of rotatable bonds is 4. The van der Waals surface area contributed by atoms with Gasteiger partial charge in [-0.05, 0) is 62.0 Å². The van der Waals surface area contributed by atoms with Crippen LogP contribution in [0.3, 0.4) is 0 Å². The van der Waals surface area contributed by atoms with E-state index in [4.69, 9.17) is 9.97 Å². The molecule has 4 nitrogen and oxygen atoms in total. The Morgan fingerprint density at radius 3 is 2.47 bits per heavy atom. The normalized spacial score (nSPS) is 24.0. The predicted octanol–water partition coefficient (Wildman–Crippen LogP) is 7.12. The highest BCUT2D eigenvalue weighted by Crippen LogP contribution is 2.46. The zero-order valence-corrected chi connectivity index (χ0v) is 19.4. The SMILES string of the molecule is Cc1ccccc1-c1cc(NC2C3CCC(CC3)C2C)nc(-c2c[nH]c3c(F)cc(F)cc23)n1. The van der Waals surface area contributed by atoms with E-state index in [0.29, 0.717) is 34.7 Å². The molecule has 174 valence electrons. The third kappa shape index (κ3) is 3.56. The molecule has 34 heavy (non-hydrogen) atoms. The minimum Gasteiger partial charge on any atom is -0.367 e. The molecular weight excluding hydrogens is 430 g/mol. The molecule has 3 fully saturated rings. The first-order valence-electron chi connectivity index (χ1n) is 12.2. The van der Waals surface area contributed by atoms with Crippen molar-refractivity contribution in [3.63, 3.8) is 0 Å². The fourth-order valence-corrected chi connectivity index (χ4v) is 6.15. The summed E-state index contributed by atoms with van der Waals surface area (Å²) in [5, 5.41) is 4.20. The third-order valence-corrected chi connectivity index (χ3v) is 8.04. The van der Waals surface area contributed by atoms with Gasteiger partial charge in [0.05, 0.1) is 11.2 Å². The van der Waals surface area contributed by atoms with Crippen LogP contribution in [0.4, 0.5) is 14.6 Å². The van der Waals surface area contributed by atoms with Crippen LogP contribution in [0, 0.1) is 36.3 Å². The third-order valence-electron chi connectivity index (χ3n) is 8.04. The highest BCUT2D eigenvalue weighted by Gasteiger charge is 2.41. The Kier molecular flexibility index (Phi) is 5.12. The van der Waals surface area contributed by atoms with Gasteiger partial charge in [0, 0.05) is 40.9 Å². The smallest absolute Gasteiger partial charge is 0.164 e. The van der Waals surface area contributed by atoms with E-state index in [9.17, 15) is 8.78 Å². The number of aromatic nitrogens is 3. The molecule has 0 radical (unpaired) electrons. The summed E-state index contributed by atoms with van der Waals surface area (Å²) in [6.07, 6.45) is 6.82. The summed E-state index contributed by atoms with van der Waals surface area (Å²) in [4.78, 5) is 12.7. The first-order valence-corrected chi connectivity index (χ1v) is 12.2. The van der Waals surface area contributed by atoms with E-state index in [0.717, 1.165) is 34.6 Å². The lowest BCUT2D eigenvalue weighted by Crippen LogP contribution is -2.47. The van der Waals surface area contributed by atoms with Crippen molar-refractivity contribution in [3.05, 3.63) is 65.9 Å². The zero-order valence-electron chi connectivity index (χ0n) is 19.4. The summed E-state index contributed by atoms with van der Waals surface area (Å²) < 4.78 is 28.4. The van der Waals surface area contributed by atoms with E-state index in [-0.39, 0.29) is 5.52 Å². The van der Waals surface area contributed by atoms with Crippen molar-refractivity contribution in [1.82, 2.24) is 15.0 Å². The quantitative estimate of drug-likeness (QED) is 0.342. The van der Waals surface area contributed by atoms with Gasteiger partial charge in [-0.25, -0.2) is 18.7 Å². The first kappa shape index (κ1) is 21.3. The van der Waals surface area contributed by atoms with Gasteiger partial charge in [-0.3, -0.25) is 0 Å². The minimum atomic E-state index is -0.623. The van der Waals surface area contributed by atoms with Crippen molar-refractivity contribution in [3.8, 4) is 22.6 Å². The van der Waals surface area contributed by atoms with Gasteiger partial charge < -0.3 is 10.3 Å². The summed E-state index contributed by atoms with van der Waals surface area (Å²) in [5.41, 5.74) is 3.77. The number of aromatic amines is 1. The Labute approximate surface area is 197 Å². The molecule has 7 rings (SSSR count). The Morgan fingerprint density at radius 2 is 1.71 bits per heavy atom. The fraction of sp³-hybridized carbons (Fsp3) is 0.357. The van der Waals surface area contributed by atoms with E-state index >= 15 is 0 Å². The van der Waals surface area contributed by atoms with Gasteiger partial charge in [0.1, 0.15) is 17.5 Å². The molecule has 0 amide bonds. The van der Waals surface area contributed by atoms with Gasteiger partial charge in [0.15, 0.2) is 5.82 Å². The summed E-state index contributed by atoms with van der Waals surface area (Å²) in [6, 6.07) is 12.7. The average Bonchev–Trinajstić information content (AvgIpc) is 3.26. The van der Waals surface area contributed by atoms with Gasteiger partial charge in [-0.15, -0.1) is 0 Å². The second-order valence-corrected chi connectivity index (χ2v) is 9.99. The van der Waals surface area contributed by atoms with E-state index in [1.807, 2.05) is 24.3 Å². The molecule has 3 aliphatic rings.